The smallest absolute Gasteiger partial charge is 0.222 e. The molecule has 1 unspecified atom stereocenters. The van der Waals surface area contributed by atoms with E-state index in [1.807, 2.05) is 6.07 Å². The van der Waals surface area contributed by atoms with Crippen molar-refractivity contribution in [1.29, 1.82) is 0 Å². The Morgan fingerprint density at radius 1 is 1.50 bits per heavy atom. The number of nitrogens with zero attached hydrogens (tertiary/aromatic N) is 2. The minimum absolute atomic E-state index is 0.282. The summed E-state index contributed by atoms with van der Waals surface area (Å²) in [6, 6.07) is 1.83. The summed E-state index contributed by atoms with van der Waals surface area (Å²) in [5.41, 5.74) is 0.842. The van der Waals surface area contributed by atoms with Crippen LogP contribution in [-0.2, 0) is 11.3 Å². The average Bonchev–Trinajstić information content (AvgIpc) is 2.40. The van der Waals surface area contributed by atoms with Crippen LogP contribution in [0.5, 0.6) is 0 Å². The summed E-state index contributed by atoms with van der Waals surface area (Å²) in [4.78, 5) is 7.92. The van der Waals surface area contributed by atoms with Gasteiger partial charge in [-0.3, -0.25) is 0 Å². The van der Waals surface area contributed by atoms with Gasteiger partial charge in [0, 0.05) is 12.8 Å². The van der Waals surface area contributed by atoms with Gasteiger partial charge in [-0.2, -0.15) is 0 Å². The minimum atomic E-state index is 0.282. The highest BCUT2D eigenvalue weighted by Crippen LogP contribution is 2.15. The molecule has 0 aromatic carbocycles. The van der Waals surface area contributed by atoms with E-state index < -0.39 is 0 Å². The molecule has 1 atom stereocenters. The van der Waals surface area contributed by atoms with Crippen molar-refractivity contribution in [2.24, 2.45) is 5.92 Å². The Kier molecular flexibility index (Phi) is 5.84. The molecule has 5 heteroatoms. The van der Waals surface area contributed by atoms with Crippen LogP contribution in [0.4, 0.5) is 0 Å². The van der Waals surface area contributed by atoms with Crippen molar-refractivity contribution in [1.82, 2.24) is 15.3 Å². The molecular weight excluding hydrogens is 250 g/mol. The number of hydrogen-bond donors (Lipinski definition) is 1. The number of piperidine rings is 1. The second-order valence-electron chi connectivity index (χ2n) is 4.72. The molecule has 2 rings (SSSR count). The molecule has 0 saturated carbocycles. The summed E-state index contributed by atoms with van der Waals surface area (Å²) >= 11 is 5.70. The Hall–Kier alpha value is -0.710. The van der Waals surface area contributed by atoms with E-state index in [1.54, 1.807) is 6.20 Å². The van der Waals surface area contributed by atoms with Crippen LogP contribution in [0.25, 0.3) is 0 Å². The molecule has 2 heterocycles. The van der Waals surface area contributed by atoms with Crippen molar-refractivity contribution < 1.29 is 4.74 Å². The molecule has 1 saturated heterocycles. The summed E-state index contributed by atoms with van der Waals surface area (Å²) in [6.07, 6.45) is 6.68. The summed E-state index contributed by atoms with van der Waals surface area (Å²) in [5, 5.41) is 3.72. The van der Waals surface area contributed by atoms with Gasteiger partial charge in [0.05, 0.1) is 12.3 Å². The van der Waals surface area contributed by atoms with Crippen LogP contribution < -0.4 is 5.32 Å². The molecule has 1 aliphatic rings. The average molecular weight is 270 g/mol. The first-order valence-corrected chi connectivity index (χ1v) is 6.98. The molecule has 0 radical (unpaired) electrons. The monoisotopic (exact) mass is 269 g/mol. The molecule has 0 bridgehead atoms. The predicted octanol–water partition coefficient (Wildman–Crippen LogP) is 2.43. The largest absolute Gasteiger partial charge is 0.375 e. The number of aromatic nitrogens is 2. The SMILES string of the molecule is Clc1nccc(COCCCC2CCCNC2)n1. The summed E-state index contributed by atoms with van der Waals surface area (Å²) < 4.78 is 5.60. The second-order valence-corrected chi connectivity index (χ2v) is 5.06. The van der Waals surface area contributed by atoms with Gasteiger partial charge in [-0.15, -0.1) is 0 Å². The van der Waals surface area contributed by atoms with E-state index >= 15 is 0 Å². The molecule has 1 N–H and O–H groups in total. The van der Waals surface area contributed by atoms with Gasteiger partial charge in [-0.1, -0.05) is 0 Å². The lowest BCUT2D eigenvalue weighted by atomic mass is 9.95. The summed E-state index contributed by atoms with van der Waals surface area (Å²) in [7, 11) is 0. The topological polar surface area (TPSA) is 47.0 Å². The first-order valence-electron chi connectivity index (χ1n) is 6.60. The Labute approximate surface area is 113 Å². The third-order valence-corrected chi connectivity index (χ3v) is 3.42. The maximum atomic E-state index is 5.70. The number of halogens is 1. The van der Waals surface area contributed by atoms with Crippen molar-refractivity contribution in [2.75, 3.05) is 19.7 Å². The van der Waals surface area contributed by atoms with E-state index in [-0.39, 0.29) is 5.28 Å². The molecule has 0 spiro atoms. The van der Waals surface area contributed by atoms with Gasteiger partial charge in [0.1, 0.15) is 0 Å². The number of nitrogens with one attached hydrogen (secondary N) is 1. The van der Waals surface area contributed by atoms with Crippen molar-refractivity contribution in [3.63, 3.8) is 0 Å². The fourth-order valence-electron chi connectivity index (χ4n) is 2.27. The van der Waals surface area contributed by atoms with Gasteiger partial charge in [0.15, 0.2) is 0 Å². The fourth-order valence-corrected chi connectivity index (χ4v) is 2.44. The molecule has 0 aliphatic carbocycles. The molecule has 1 aromatic heterocycles. The normalized spacial score (nSPS) is 19.9. The maximum Gasteiger partial charge on any atom is 0.222 e. The van der Waals surface area contributed by atoms with E-state index in [9.17, 15) is 0 Å². The van der Waals surface area contributed by atoms with Crippen LogP contribution in [0.15, 0.2) is 12.3 Å². The third kappa shape index (κ3) is 4.88. The van der Waals surface area contributed by atoms with Gasteiger partial charge >= 0.3 is 0 Å². The molecule has 18 heavy (non-hydrogen) atoms. The zero-order chi connectivity index (χ0) is 12.6. The van der Waals surface area contributed by atoms with Crippen molar-refractivity contribution >= 4 is 11.6 Å². The number of ether oxygens (including phenoxy) is 1. The van der Waals surface area contributed by atoms with E-state index in [4.69, 9.17) is 16.3 Å². The van der Waals surface area contributed by atoms with Gasteiger partial charge in [0.2, 0.25) is 5.28 Å². The van der Waals surface area contributed by atoms with Crippen molar-refractivity contribution in [3.8, 4) is 0 Å². The standard InChI is InChI=1S/C13H20ClN3O/c14-13-16-7-5-12(17-13)10-18-8-2-4-11-3-1-6-15-9-11/h5,7,11,15H,1-4,6,8-10H2. The molecule has 1 aliphatic heterocycles. The third-order valence-electron chi connectivity index (χ3n) is 3.23. The lowest BCUT2D eigenvalue weighted by Crippen LogP contribution is -2.29. The highest BCUT2D eigenvalue weighted by Gasteiger charge is 2.11. The highest BCUT2D eigenvalue weighted by molar-refractivity contribution is 6.28. The van der Waals surface area contributed by atoms with Crippen molar-refractivity contribution in [3.05, 3.63) is 23.2 Å². The van der Waals surface area contributed by atoms with E-state index in [2.05, 4.69) is 15.3 Å². The van der Waals surface area contributed by atoms with E-state index in [1.165, 1.54) is 32.4 Å². The van der Waals surface area contributed by atoms with Crippen LogP contribution in [-0.4, -0.2) is 29.7 Å². The Morgan fingerprint density at radius 2 is 2.44 bits per heavy atom. The first-order chi connectivity index (χ1) is 8.84. The lowest BCUT2D eigenvalue weighted by Gasteiger charge is -2.22. The van der Waals surface area contributed by atoms with Crippen molar-refractivity contribution in [2.45, 2.75) is 32.3 Å². The Morgan fingerprint density at radius 3 is 3.22 bits per heavy atom. The molecular formula is C13H20ClN3O. The number of rotatable bonds is 6. The molecule has 4 nitrogen and oxygen atoms in total. The van der Waals surface area contributed by atoms with Crippen LogP contribution >= 0.6 is 11.6 Å². The van der Waals surface area contributed by atoms with Crippen LogP contribution in [0.2, 0.25) is 5.28 Å². The summed E-state index contributed by atoms with van der Waals surface area (Å²) in [5.74, 6) is 0.829. The van der Waals surface area contributed by atoms with Crippen LogP contribution in [0.1, 0.15) is 31.4 Å². The Bertz CT molecular complexity index is 356. The number of hydrogen-bond acceptors (Lipinski definition) is 4. The first kappa shape index (κ1) is 13.7. The lowest BCUT2D eigenvalue weighted by molar-refractivity contribution is 0.110. The maximum absolute atomic E-state index is 5.70. The van der Waals surface area contributed by atoms with Crippen LogP contribution in [0, 0.1) is 5.92 Å². The molecule has 0 amide bonds. The van der Waals surface area contributed by atoms with Gasteiger partial charge in [-0.25, -0.2) is 9.97 Å². The molecule has 1 fully saturated rings. The van der Waals surface area contributed by atoms with Gasteiger partial charge < -0.3 is 10.1 Å². The quantitative estimate of drug-likeness (QED) is 0.636. The second kappa shape index (κ2) is 7.67. The minimum Gasteiger partial charge on any atom is -0.375 e. The fraction of sp³-hybridized carbons (Fsp3) is 0.692. The molecule has 100 valence electrons. The van der Waals surface area contributed by atoms with Gasteiger partial charge in [-0.05, 0) is 62.4 Å². The van der Waals surface area contributed by atoms with E-state index in [0.717, 1.165) is 24.6 Å². The van der Waals surface area contributed by atoms with Crippen LogP contribution in [0.3, 0.4) is 0 Å². The zero-order valence-corrected chi connectivity index (χ0v) is 11.3. The van der Waals surface area contributed by atoms with E-state index in [0.29, 0.717) is 6.61 Å². The predicted molar refractivity (Wildman–Crippen MR) is 71.5 cm³/mol. The van der Waals surface area contributed by atoms with Gasteiger partial charge in [0.25, 0.3) is 0 Å². The highest BCUT2D eigenvalue weighted by atomic mass is 35.5. The zero-order valence-electron chi connectivity index (χ0n) is 10.6. The summed E-state index contributed by atoms with van der Waals surface area (Å²) in [6.45, 7) is 3.66. The Balaban J connectivity index is 1.55. The molecule has 1 aromatic rings.